The Morgan fingerprint density at radius 3 is 2.40 bits per heavy atom. The minimum atomic E-state index is -0.447. The summed E-state index contributed by atoms with van der Waals surface area (Å²) >= 11 is 0. The normalized spacial score (nSPS) is 12.2. The highest BCUT2D eigenvalue weighted by Crippen LogP contribution is 2.32. The Bertz CT molecular complexity index is 613. The predicted molar refractivity (Wildman–Crippen MR) is 75.1 cm³/mol. The van der Waals surface area contributed by atoms with Gasteiger partial charge in [0.15, 0.2) is 11.6 Å². The second-order valence-corrected chi connectivity index (χ2v) is 4.68. The zero-order valence-electron chi connectivity index (χ0n) is 11.7. The number of ether oxygens (including phenoxy) is 1. The van der Waals surface area contributed by atoms with Gasteiger partial charge in [-0.15, -0.1) is 0 Å². The zero-order valence-corrected chi connectivity index (χ0v) is 11.7. The van der Waals surface area contributed by atoms with Crippen LogP contribution in [-0.4, -0.2) is 7.05 Å². The van der Waals surface area contributed by atoms with E-state index in [1.54, 1.807) is 38.2 Å². The summed E-state index contributed by atoms with van der Waals surface area (Å²) in [5.74, 6) is -0.167. The number of para-hydroxylation sites is 1. The van der Waals surface area contributed by atoms with E-state index in [1.807, 2.05) is 6.92 Å². The minimum absolute atomic E-state index is 0.105. The highest BCUT2D eigenvalue weighted by Gasteiger charge is 2.15. The Kier molecular flexibility index (Phi) is 4.35. The van der Waals surface area contributed by atoms with E-state index < -0.39 is 5.82 Å². The molecule has 2 rings (SSSR count). The van der Waals surface area contributed by atoms with Gasteiger partial charge in [-0.3, -0.25) is 0 Å². The topological polar surface area (TPSA) is 21.3 Å². The third-order valence-electron chi connectivity index (χ3n) is 3.25. The van der Waals surface area contributed by atoms with Gasteiger partial charge >= 0.3 is 0 Å². The van der Waals surface area contributed by atoms with Crippen LogP contribution < -0.4 is 10.1 Å². The third-order valence-corrected chi connectivity index (χ3v) is 3.25. The molecule has 0 aliphatic carbocycles. The number of hydrogen-bond acceptors (Lipinski definition) is 2. The molecule has 0 heterocycles. The van der Waals surface area contributed by atoms with Crippen LogP contribution in [0.4, 0.5) is 8.78 Å². The molecule has 0 radical (unpaired) electrons. The maximum Gasteiger partial charge on any atom is 0.165 e. The summed E-state index contributed by atoms with van der Waals surface area (Å²) < 4.78 is 33.0. The fourth-order valence-electron chi connectivity index (χ4n) is 1.90. The van der Waals surface area contributed by atoms with Crippen LogP contribution in [0, 0.1) is 18.6 Å². The molecule has 0 spiro atoms. The highest BCUT2D eigenvalue weighted by molar-refractivity contribution is 5.43. The van der Waals surface area contributed by atoms with E-state index in [9.17, 15) is 8.78 Å². The molecule has 106 valence electrons. The lowest BCUT2D eigenvalue weighted by molar-refractivity contribution is 0.429. The molecule has 2 nitrogen and oxygen atoms in total. The number of aryl methyl sites for hydroxylation is 1. The maximum absolute atomic E-state index is 13.7. The first kappa shape index (κ1) is 14.5. The maximum atomic E-state index is 13.7. The van der Waals surface area contributed by atoms with Gasteiger partial charge in [-0.25, -0.2) is 8.78 Å². The fourth-order valence-corrected chi connectivity index (χ4v) is 1.90. The van der Waals surface area contributed by atoms with E-state index in [4.69, 9.17) is 4.74 Å². The molecule has 1 atom stereocenters. The first-order valence-electron chi connectivity index (χ1n) is 6.42. The molecular formula is C16H17F2NO. The average molecular weight is 277 g/mol. The van der Waals surface area contributed by atoms with Crippen molar-refractivity contribution in [3.05, 3.63) is 59.2 Å². The Balaban J connectivity index is 2.45. The summed E-state index contributed by atoms with van der Waals surface area (Å²) in [6.45, 7) is 3.54. The van der Waals surface area contributed by atoms with Crippen molar-refractivity contribution < 1.29 is 13.5 Å². The summed E-state index contributed by atoms with van der Waals surface area (Å²) in [7, 11) is 1.77. The van der Waals surface area contributed by atoms with Crippen molar-refractivity contribution in [3.8, 4) is 11.5 Å². The van der Waals surface area contributed by atoms with E-state index >= 15 is 0 Å². The Hall–Kier alpha value is -1.94. The zero-order chi connectivity index (χ0) is 14.7. The van der Waals surface area contributed by atoms with Gasteiger partial charge in [0.2, 0.25) is 0 Å². The monoisotopic (exact) mass is 277 g/mol. The highest BCUT2D eigenvalue weighted by atomic mass is 19.1. The van der Waals surface area contributed by atoms with Crippen LogP contribution in [-0.2, 0) is 0 Å². The van der Waals surface area contributed by atoms with Gasteiger partial charge in [0.05, 0.1) is 0 Å². The van der Waals surface area contributed by atoms with Crippen molar-refractivity contribution in [3.63, 3.8) is 0 Å². The second kappa shape index (κ2) is 6.01. The van der Waals surface area contributed by atoms with Gasteiger partial charge in [-0.2, -0.15) is 0 Å². The van der Waals surface area contributed by atoms with Crippen molar-refractivity contribution in [2.75, 3.05) is 7.05 Å². The molecular weight excluding hydrogens is 260 g/mol. The summed E-state index contributed by atoms with van der Waals surface area (Å²) in [4.78, 5) is 0. The van der Waals surface area contributed by atoms with Crippen LogP contribution >= 0.6 is 0 Å². The van der Waals surface area contributed by atoms with E-state index in [2.05, 4.69) is 5.32 Å². The van der Waals surface area contributed by atoms with Crippen LogP contribution in [0.1, 0.15) is 24.1 Å². The number of nitrogens with one attached hydrogen (secondary N) is 1. The van der Waals surface area contributed by atoms with Crippen LogP contribution in [0.5, 0.6) is 11.5 Å². The molecule has 0 aliphatic rings. The van der Waals surface area contributed by atoms with E-state index in [0.717, 1.165) is 0 Å². The molecule has 0 saturated carbocycles. The smallest absolute Gasteiger partial charge is 0.165 e. The predicted octanol–water partition coefficient (Wildman–Crippen LogP) is 4.35. The molecule has 1 N–H and O–H groups in total. The van der Waals surface area contributed by atoms with Crippen LogP contribution in [0.15, 0.2) is 36.4 Å². The molecule has 0 fully saturated rings. The van der Waals surface area contributed by atoms with Gasteiger partial charge < -0.3 is 10.1 Å². The quantitative estimate of drug-likeness (QED) is 0.897. The molecule has 0 amide bonds. The first-order valence-corrected chi connectivity index (χ1v) is 6.42. The SMILES string of the molecule is CNC(C)c1cc(F)c(C)cc1Oc1ccccc1F. The van der Waals surface area contributed by atoms with Crippen molar-refractivity contribution in [2.45, 2.75) is 19.9 Å². The summed E-state index contributed by atoms with van der Waals surface area (Å²) in [5, 5.41) is 3.03. The molecule has 2 aromatic carbocycles. The minimum Gasteiger partial charge on any atom is -0.454 e. The Morgan fingerprint density at radius 1 is 1.05 bits per heavy atom. The molecule has 4 heteroatoms. The van der Waals surface area contributed by atoms with Gasteiger partial charge in [-0.05, 0) is 50.7 Å². The Labute approximate surface area is 117 Å². The second-order valence-electron chi connectivity index (χ2n) is 4.68. The number of halogens is 2. The van der Waals surface area contributed by atoms with E-state index in [-0.39, 0.29) is 17.6 Å². The van der Waals surface area contributed by atoms with Crippen LogP contribution in [0.25, 0.3) is 0 Å². The summed E-state index contributed by atoms with van der Waals surface area (Å²) in [6.07, 6.45) is 0. The van der Waals surface area contributed by atoms with Crippen molar-refractivity contribution in [1.82, 2.24) is 5.32 Å². The van der Waals surface area contributed by atoms with Crippen molar-refractivity contribution in [1.29, 1.82) is 0 Å². The van der Waals surface area contributed by atoms with Crippen molar-refractivity contribution >= 4 is 0 Å². The molecule has 0 bridgehead atoms. The van der Waals surface area contributed by atoms with Gasteiger partial charge in [0, 0.05) is 11.6 Å². The van der Waals surface area contributed by atoms with Gasteiger partial charge in [-0.1, -0.05) is 12.1 Å². The average Bonchev–Trinajstić information content (AvgIpc) is 2.44. The molecule has 0 saturated heterocycles. The number of benzene rings is 2. The van der Waals surface area contributed by atoms with Crippen molar-refractivity contribution in [2.24, 2.45) is 0 Å². The van der Waals surface area contributed by atoms with Gasteiger partial charge in [0.1, 0.15) is 11.6 Å². The van der Waals surface area contributed by atoms with E-state index in [1.165, 1.54) is 12.1 Å². The first-order chi connectivity index (χ1) is 9.52. The summed E-state index contributed by atoms with van der Waals surface area (Å²) in [6, 6.07) is 9.06. The van der Waals surface area contributed by atoms with E-state index in [0.29, 0.717) is 16.9 Å². The molecule has 0 aliphatic heterocycles. The summed E-state index contributed by atoms with van der Waals surface area (Å²) in [5.41, 5.74) is 1.11. The Morgan fingerprint density at radius 2 is 1.75 bits per heavy atom. The van der Waals surface area contributed by atoms with Crippen LogP contribution in [0.2, 0.25) is 0 Å². The number of hydrogen-bond donors (Lipinski definition) is 1. The fraction of sp³-hybridized carbons (Fsp3) is 0.250. The largest absolute Gasteiger partial charge is 0.454 e. The lowest BCUT2D eigenvalue weighted by Crippen LogP contribution is -2.14. The van der Waals surface area contributed by atoms with Crippen LogP contribution in [0.3, 0.4) is 0 Å². The molecule has 2 aromatic rings. The lowest BCUT2D eigenvalue weighted by Gasteiger charge is -2.17. The lowest BCUT2D eigenvalue weighted by atomic mass is 10.0. The molecule has 1 unspecified atom stereocenters. The van der Waals surface area contributed by atoms with Gasteiger partial charge in [0.25, 0.3) is 0 Å². The standard InChI is InChI=1S/C16H17F2NO/c1-10-8-16(12(9-14(10)18)11(2)19-3)20-15-7-5-4-6-13(15)17/h4-9,11,19H,1-3H3. The number of rotatable bonds is 4. The molecule has 0 aromatic heterocycles. The molecule has 20 heavy (non-hydrogen) atoms. The third kappa shape index (κ3) is 2.96.